The van der Waals surface area contributed by atoms with Gasteiger partial charge in [-0.2, -0.15) is 0 Å². The first-order valence-corrected chi connectivity index (χ1v) is 8.19. The van der Waals surface area contributed by atoms with Crippen molar-refractivity contribution in [3.8, 4) is 0 Å². The Balaban J connectivity index is 2.22. The molecule has 17 heavy (non-hydrogen) atoms. The second kappa shape index (κ2) is 5.26. The fourth-order valence-electron chi connectivity index (χ4n) is 1.97. The fourth-order valence-corrected chi connectivity index (χ4v) is 4.70. The summed E-state index contributed by atoms with van der Waals surface area (Å²) in [7, 11) is -3.52. The normalized spacial score (nSPS) is 25.1. The summed E-state index contributed by atoms with van der Waals surface area (Å²) in [5.74, 6) is 0. The molecular weight excluding hydrogens is 326 g/mol. The van der Waals surface area contributed by atoms with Crippen molar-refractivity contribution in [2.45, 2.75) is 35.0 Å². The molecular formula is C11H13BrClNO2S. The molecule has 0 aliphatic heterocycles. The van der Waals surface area contributed by atoms with Crippen LogP contribution in [-0.4, -0.2) is 19.3 Å². The minimum absolute atomic E-state index is 0.0451. The maximum atomic E-state index is 12.1. The van der Waals surface area contributed by atoms with Gasteiger partial charge in [-0.3, -0.25) is 0 Å². The van der Waals surface area contributed by atoms with Crippen molar-refractivity contribution in [3.05, 3.63) is 29.3 Å². The number of hydrogen-bond acceptors (Lipinski definition) is 2. The van der Waals surface area contributed by atoms with E-state index < -0.39 is 10.0 Å². The van der Waals surface area contributed by atoms with E-state index >= 15 is 0 Å². The number of benzene rings is 1. The maximum absolute atomic E-state index is 12.1. The predicted octanol–water partition coefficient (Wildman–Crippen LogP) is 2.93. The molecule has 2 rings (SSSR count). The monoisotopic (exact) mass is 337 g/mol. The minimum atomic E-state index is -3.52. The van der Waals surface area contributed by atoms with Gasteiger partial charge >= 0.3 is 0 Å². The molecule has 0 radical (unpaired) electrons. The zero-order chi connectivity index (χ0) is 12.5. The molecule has 3 nitrogen and oxygen atoms in total. The molecule has 1 fully saturated rings. The van der Waals surface area contributed by atoms with Crippen molar-refractivity contribution in [3.63, 3.8) is 0 Å². The number of halogens is 2. The molecule has 1 aliphatic carbocycles. The lowest BCUT2D eigenvalue weighted by atomic mass is 10.3. The number of sulfonamides is 1. The van der Waals surface area contributed by atoms with Crippen LogP contribution in [0.2, 0.25) is 5.02 Å². The Morgan fingerprint density at radius 2 is 2.00 bits per heavy atom. The number of alkyl halides is 1. The van der Waals surface area contributed by atoms with E-state index in [1.165, 1.54) is 6.07 Å². The van der Waals surface area contributed by atoms with Crippen LogP contribution in [0.5, 0.6) is 0 Å². The lowest BCUT2D eigenvalue weighted by Crippen LogP contribution is -2.37. The van der Waals surface area contributed by atoms with Crippen LogP contribution < -0.4 is 4.72 Å². The molecule has 0 bridgehead atoms. The molecule has 1 saturated carbocycles. The molecule has 0 aromatic heterocycles. The zero-order valence-corrected chi connectivity index (χ0v) is 12.2. The molecule has 1 aromatic carbocycles. The topological polar surface area (TPSA) is 46.2 Å². The van der Waals surface area contributed by atoms with E-state index in [4.69, 9.17) is 11.6 Å². The summed E-state index contributed by atoms with van der Waals surface area (Å²) in [5, 5.41) is 0.254. The van der Waals surface area contributed by atoms with Crippen molar-refractivity contribution in [2.75, 3.05) is 0 Å². The average molecular weight is 339 g/mol. The van der Waals surface area contributed by atoms with Crippen LogP contribution in [-0.2, 0) is 10.0 Å². The summed E-state index contributed by atoms with van der Waals surface area (Å²) in [6.07, 6.45) is 2.89. The van der Waals surface area contributed by atoms with Gasteiger partial charge < -0.3 is 0 Å². The van der Waals surface area contributed by atoms with E-state index in [0.29, 0.717) is 0 Å². The highest BCUT2D eigenvalue weighted by Crippen LogP contribution is 2.28. The van der Waals surface area contributed by atoms with Crippen LogP contribution >= 0.6 is 27.5 Å². The van der Waals surface area contributed by atoms with Gasteiger partial charge in [0.2, 0.25) is 10.0 Å². The number of rotatable bonds is 3. The molecule has 1 aliphatic rings. The quantitative estimate of drug-likeness (QED) is 0.861. The van der Waals surface area contributed by atoms with E-state index in [1.807, 2.05) is 0 Å². The van der Waals surface area contributed by atoms with E-state index in [2.05, 4.69) is 20.7 Å². The maximum Gasteiger partial charge on any atom is 0.242 e. The van der Waals surface area contributed by atoms with E-state index in [1.54, 1.807) is 18.2 Å². The third-order valence-electron chi connectivity index (χ3n) is 2.86. The summed E-state index contributed by atoms with van der Waals surface area (Å²) < 4.78 is 27.0. The first-order valence-electron chi connectivity index (χ1n) is 5.41. The van der Waals surface area contributed by atoms with E-state index in [9.17, 15) is 8.42 Å². The SMILES string of the molecule is O=S(=O)(NC1CCCC1Br)c1ccccc1Cl. The second-order valence-corrected chi connectivity index (χ2v) is 7.37. The first kappa shape index (κ1) is 13.3. The highest BCUT2D eigenvalue weighted by atomic mass is 79.9. The molecule has 6 heteroatoms. The smallest absolute Gasteiger partial charge is 0.207 e. The van der Waals surface area contributed by atoms with E-state index in [0.717, 1.165) is 19.3 Å². The number of hydrogen-bond donors (Lipinski definition) is 1. The third kappa shape index (κ3) is 3.02. The van der Waals surface area contributed by atoms with Crippen LogP contribution in [0.25, 0.3) is 0 Å². The van der Waals surface area contributed by atoms with Gasteiger partial charge in [-0.15, -0.1) is 0 Å². The molecule has 0 spiro atoms. The van der Waals surface area contributed by atoms with Crippen molar-refractivity contribution in [1.29, 1.82) is 0 Å². The fraction of sp³-hybridized carbons (Fsp3) is 0.455. The summed E-state index contributed by atoms with van der Waals surface area (Å²) >= 11 is 9.39. The highest BCUT2D eigenvalue weighted by molar-refractivity contribution is 9.09. The van der Waals surface area contributed by atoms with Crippen LogP contribution in [0.4, 0.5) is 0 Å². The van der Waals surface area contributed by atoms with Crippen LogP contribution in [0.1, 0.15) is 19.3 Å². The molecule has 2 atom stereocenters. The highest BCUT2D eigenvalue weighted by Gasteiger charge is 2.30. The van der Waals surface area contributed by atoms with Crippen LogP contribution in [0.15, 0.2) is 29.2 Å². The lowest BCUT2D eigenvalue weighted by Gasteiger charge is -2.16. The van der Waals surface area contributed by atoms with Gasteiger partial charge in [-0.25, -0.2) is 13.1 Å². The van der Waals surface area contributed by atoms with Crippen LogP contribution in [0, 0.1) is 0 Å². The lowest BCUT2D eigenvalue weighted by molar-refractivity contribution is 0.556. The molecule has 94 valence electrons. The Kier molecular flexibility index (Phi) is 4.13. The Bertz CT molecular complexity index is 506. The summed E-state index contributed by atoms with van der Waals surface area (Å²) in [5.41, 5.74) is 0. The van der Waals surface area contributed by atoms with Gasteiger partial charge in [0.05, 0.1) is 5.02 Å². The van der Waals surface area contributed by atoms with Gasteiger partial charge in [0.1, 0.15) is 4.90 Å². The molecule has 1 N–H and O–H groups in total. The summed E-state index contributed by atoms with van der Waals surface area (Å²) in [6, 6.07) is 6.43. The Labute approximate surface area is 115 Å². The first-order chi connectivity index (χ1) is 8.00. The average Bonchev–Trinajstić information content (AvgIpc) is 2.64. The third-order valence-corrected chi connectivity index (χ3v) is 5.95. The Morgan fingerprint density at radius 1 is 1.29 bits per heavy atom. The summed E-state index contributed by atoms with van der Waals surface area (Å²) in [6.45, 7) is 0. The molecule has 0 saturated heterocycles. The van der Waals surface area contributed by atoms with E-state index in [-0.39, 0.29) is 20.8 Å². The zero-order valence-electron chi connectivity index (χ0n) is 9.07. The number of nitrogens with one attached hydrogen (secondary N) is 1. The van der Waals surface area contributed by atoms with Crippen molar-refractivity contribution in [2.24, 2.45) is 0 Å². The van der Waals surface area contributed by atoms with Crippen LogP contribution in [0.3, 0.4) is 0 Å². The van der Waals surface area contributed by atoms with Gasteiger partial charge in [-0.1, -0.05) is 46.1 Å². The minimum Gasteiger partial charge on any atom is -0.207 e. The largest absolute Gasteiger partial charge is 0.242 e. The Hall–Kier alpha value is -0.100. The molecule has 1 aromatic rings. The van der Waals surface area contributed by atoms with Gasteiger partial charge in [0.15, 0.2) is 0 Å². The molecule has 0 amide bonds. The molecule has 0 heterocycles. The van der Waals surface area contributed by atoms with Gasteiger partial charge in [0.25, 0.3) is 0 Å². The van der Waals surface area contributed by atoms with Crippen molar-refractivity contribution >= 4 is 37.6 Å². The van der Waals surface area contributed by atoms with Crippen molar-refractivity contribution in [1.82, 2.24) is 4.72 Å². The molecule has 2 unspecified atom stereocenters. The standard InChI is InChI=1S/C11H13BrClNO2S/c12-8-4-3-6-10(8)14-17(15,16)11-7-2-1-5-9(11)13/h1-2,5,7-8,10,14H,3-4,6H2. The predicted molar refractivity (Wildman–Crippen MR) is 72.1 cm³/mol. The van der Waals surface area contributed by atoms with Gasteiger partial charge in [0, 0.05) is 10.9 Å². The Morgan fingerprint density at radius 3 is 2.59 bits per heavy atom. The second-order valence-electron chi connectivity index (χ2n) is 4.11. The summed E-state index contributed by atoms with van der Waals surface area (Å²) in [4.78, 5) is 0.355. The van der Waals surface area contributed by atoms with Gasteiger partial charge in [-0.05, 0) is 25.0 Å². The van der Waals surface area contributed by atoms with Crippen molar-refractivity contribution < 1.29 is 8.42 Å².